The molecule has 2 aliphatic heterocycles. The van der Waals surface area contributed by atoms with E-state index in [1.807, 2.05) is 13.0 Å². The molecule has 0 saturated carbocycles. The Morgan fingerprint density at radius 2 is 1.78 bits per heavy atom. The van der Waals surface area contributed by atoms with E-state index in [2.05, 4.69) is 4.90 Å². The van der Waals surface area contributed by atoms with E-state index in [9.17, 15) is 14.0 Å². The van der Waals surface area contributed by atoms with E-state index in [4.69, 9.17) is 0 Å². The average molecular weight is 442 g/mol. The Balaban J connectivity index is 1.47. The first kappa shape index (κ1) is 22.2. The molecule has 0 spiro atoms. The molecule has 0 bridgehead atoms. The van der Waals surface area contributed by atoms with Crippen LogP contribution in [0.25, 0.3) is 0 Å². The average Bonchev–Trinajstić information content (AvgIpc) is 2.77. The highest BCUT2D eigenvalue weighted by atomic mass is 19.1. The van der Waals surface area contributed by atoms with Crippen molar-refractivity contribution in [2.45, 2.75) is 45.2 Å². The van der Waals surface area contributed by atoms with Gasteiger partial charge in [-0.3, -0.25) is 9.59 Å². The standard InChI is InChI=1S/C25H29F2N3O2/c1-17-6-9-23(19-4-3-5-21(26)14-19)25(32)30(17)16-20-7-8-22(15-24(20)27)29-12-10-28(11-13-29)18(2)31/h3-5,7-8,14-15,17,23H,6,9-13,16H2,1-2H3/t17-,23?/m0/s1. The van der Waals surface area contributed by atoms with Crippen molar-refractivity contribution >= 4 is 17.5 Å². The Bertz CT molecular complexity index is 1000. The molecule has 0 aromatic heterocycles. The molecule has 4 rings (SSSR count). The van der Waals surface area contributed by atoms with E-state index >= 15 is 4.39 Å². The summed E-state index contributed by atoms with van der Waals surface area (Å²) in [7, 11) is 0. The van der Waals surface area contributed by atoms with E-state index < -0.39 is 5.92 Å². The van der Waals surface area contributed by atoms with Gasteiger partial charge in [0.1, 0.15) is 11.6 Å². The second-order valence-corrected chi connectivity index (χ2v) is 8.77. The van der Waals surface area contributed by atoms with E-state index in [0.29, 0.717) is 43.7 Å². The minimum Gasteiger partial charge on any atom is -0.368 e. The number of carbonyl (C=O) groups excluding carboxylic acids is 2. The largest absolute Gasteiger partial charge is 0.368 e. The zero-order valence-electron chi connectivity index (χ0n) is 18.6. The third-order valence-electron chi connectivity index (χ3n) is 6.70. The van der Waals surface area contributed by atoms with Crippen LogP contribution in [0.1, 0.15) is 43.7 Å². The van der Waals surface area contributed by atoms with Gasteiger partial charge < -0.3 is 14.7 Å². The summed E-state index contributed by atoms with van der Waals surface area (Å²) >= 11 is 0. The number of carbonyl (C=O) groups is 2. The van der Waals surface area contributed by atoms with Crippen LogP contribution in [0.2, 0.25) is 0 Å². The third-order valence-corrected chi connectivity index (χ3v) is 6.70. The maximum atomic E-state index is 15.0. The topological polar surface area (TPSA) is 43.9 Å². The lowest BCUT2D eigenvalue weighted by Crippen LogP contribution is -2.48. The Morgan fingerprint density at radius 3 is 2.44 bits per heavy atom. The lowest BCUT2D eigenvalue weighted by atomic mass is 9.86. The number of halogens is 2. The lowest BCUT2D eigenvalue weighted by Gasteiger charge is -2.38. The van der Waals surface area contributed by atoms with E-state index in [1.54, 1.807) is 34.9 Å². The van der Waals surface area contributed by atoms with E-state index in [0.717, 1.165) is 12.1 Å². The number of piperazine rings is 1. The molecule has 0 N–H and O–H groups in total. The lowest BCUT2D eigenvalue weighted by molar-refractivity contribution is -0.138. The van der Waals surface area contributed by atoms with Crippen molar-refractivity contribution in [1.29, 1.82) is 0 Å². The Morgan fingerprint density at radius 1 is 1.03 bits per heavy atom. The van der Waals surface area contributed by atoms with E-state index in [-0.39, 0.29) is 36.0 Å². The van der Waals surface area contributed by atoms with Crippen LogP contribution in [0.15, 0.2) is 42.5 Å². The van der Waals surface area contributed by atoms with Gasteiger partial charge in [-0.2, -0.15) is 0 Å². The van der Waals surface area contributed by atoms with Crippen LogP contribution in [0.4, 0.5) is 14.5 Å². The predicted molar refractivity (Wildman–Crippen MR) is 119 cm³/mol. The number of anilines is 1. The van der Waals surface area contributed by atoms with Crippen LogP contribution in [-0.4, -0.2) is 53.8 Å². The monoisotopic (exact) mass is 441 g/mol. The van der Waals surface area contributed by atoms with Gasteiger partial charge in [-0.25, -0.2) is 8.78 Å². The van der Waals surface area contributed by atoms with Gasteiger partial charge in [-0.1, -0.05) is 18.2 Å². The molecule has 1 unspecified atom stereocenters. The fourth-order valence-corrected chi connectivity index (χ4v) is 4.70. The summed E-state index contributed by atoms with van der Waals surface area (Å²) in [4.78, 5) is 30.3. The van der Waals surface area contributed by atoms with Gasteiger partial charge in [0.2, 0.25) is 11.8 Å². The molecule has 2 aromatic carbocycles. The smallest absolute Gasteiger partial charge is 0.230 e. The van der Waals surface area contributed by atoms with Gasteiger partial charge in [-0.15, -0.1) is 0 Å². The molecule has 2 aromatic rings. The van der Waals surface area contributed by atoms with Crippen molar-refractivity contribution in [2.24, 2.45) is 0 Å². The second kappa shape index (κ2) is 9.27. The van der Waals surface area contributed by atoms with Gasteiger partial charge in [0, 0.05) is 56.9 Å². The number of piperidine rings is 1. The molecular formula is C25H29F2N3O2. The van der Waals surface area contributed by atoms with Crippen LogP contribution < -0.4 is 4.90 Å². The highest BCUT2D eigenvalue weighted by Gasteiger charge is 2.34. The molecule has 2 heterocycles. The summed E-state index contributed by atoms with van der Waals surface area (Å²) in [6.45, 7) is 6.30. The summed E-state index contributed by atoms with van der Waals surface area (Å²) < 4.78 is 28.7. The van der Waals surface area contributed by atoms with Crippen molar-refractivity contribution in [3.8, 4) is 0 Å². The first-order valence-corrected chi connectivity index (χ1v) is 11.2. The zero-order chi connectivity index (χ0) is 22.8. The van der Waals surface area contributed by atoms with Gasteiger partial charge >= 0.3 is 0 Å². The molecule has 5 nitrogen and oxygen atoms in total. The maximum absolute atomic E-state index is 15.0. The van der Waals surface area contributed by atoms with Crippen LogP contribution in [-0.2, 0) is 16.1 Å². The third kappa shape index (κ3) is 4.61. The number of nitrogens with zero attached hydrogens (tertiary/aromatic N) is 3. The molecule has 2 aliphatic rings. The molecule has 0 aliphatic carbocycles. The summed E-state index contributed by atoms with van der Waals surface area (Å²) in [5.41, 5.74) is 1.92. The highest BCUT2D eigenvalue weighted by molar-refractivity contribution is 5.84. The fraction of sp³-hybridized carbons (Fsp3) is 0.440. The number of rotatable bonds is 4. The Labute approximate surface area is 187 Å². The first-order valence-electron chi connectivity index (χ1n) is 11.2. The Hall–Kier alpha value is -2.96. The summed E-state index contributed by atoms with van der Waals surface area (Å²) in [5.74, 6) is -1.13. The van der Waals surface area contributed by atoms with Crippen molar-refractivity contribution in [3.63, 3.8) is 0 Å². The fourth-order valence-electron chi connectivity index (χ4n) is 4.70. The van der Waals surface area contributed by atoms with Crippen LogP contribution in [0, 0.1) is 11.6 Å². The van der Waals surface area contributed by atoms with Crippen molar-refractivity contribution in [1.82, 2.24) is 9.80 Å². The normalized spacial score (nSPS) is 21.8. The zero-order valence-corrected chi connectivity index (χ0v) is 18.6. The van der Waals surface area contributed by atoms with Crippen molar-refractivity contribution in [2.75, 3.05) is 31.1 Å². The molecular weight excluding hydrogens is 412 g/mol. The van der Waals surface area contributed by atoms with Gasteiger partial charge in [0.05, 0.1) is 5.92 Å². The summed E-state index contributed by atoms with van der Waals surface area (Å²) in [5, 5.41) is 0. The first-order chi connectivity index (χ1) is 15.3. The van der Waals surface area contributed by atoms with Crippen LogP contribution in [0.5, 0.6) is 0 Å². The second-order valence-electron chi connectivity index (χ2n) is 8.77. The Kier molecular flexibility index (Phi) is 6.44. The SMILES string of the molecule is CC(=O)N1CCN(c2ccc(CN3C(=O)C(c4cccc(F)c4)CC[C@@H]3C)c(F)c2)CC1. The molecule has 7 heteroatoms. The van der Waals surface area contributed by atoms with Gasteiger partial charge in [-0.05, 0) is 49.6 Å². The summed E-state index contributed by atoms with van der Waals surface area (Å²) in [6.07, 6.45) is 1.45. The molecule has 32 heavy (non-hydrogen) atoms. The van der Waals surface area contributed by atoms with Crippen molar-refractivity contribution in [3.05, 3.63) is 65.2 Å². The quantitative estimate of drug-likeness (QED) is 0.722. The van der Waals surface area contributed by atoms with Crippen molar-refractivity contribution < 1.29 is 18.4 Å². The predicted octanol–water partition coefficient (Wildman–Crippen LogP) is 3.93. The molecule has 170 valence electrons. The maximum Gasteiger partial charge on any atom is 0.230 e. The van der Waals surface area contributed by atoms with Crippen LogP contribution >= 0.6 is 0 Å². The summed E-state index contributed by atoms with van der Waals surface area (Å²) in [6, 6.07) is 11.3. The highest BCUT2D eigenvalue weighted by Crippen LogP contribution is 2.33. The number of amides is 2. The number of likely N-dealkylation sites (tertiary alicyclic amines) is 1. The molecule has 2 atom stereocenters. The minimum atomic E-state index is -0.401. The molecule has 2 amide bonds. The number of hydrogen-bond acceptors (Lipinski definition) is 3. The molecule has 0 radical (unpaired) electrons. The van der Waals surface area contributed by atoms with E-state index in [1.165, 1.54) is 18.2 Å². The minimum absolute atomic E-state index is 0.00829. The molecule has 2 saturated heterocycles. The van der Waals surface area contributed by atoms with Gasteiger partial charge in [0.25, 0.3) is 0 Å². The number of hydrogen-bond donors (Lipinski definition) is 0. The van der Waals surface area contributed by atoms with Crippen LogP contribution in [0.3, 0.4) is 0 Å². The number of benzene rings is 2. The molecule has 2 fully saturated rings. The van der Waals surface area contributed by atoms with Gasteiger partial charge in [0.15, 0.2) is 0 Å².